The number of aryl methyl sites for hydroxylation is 1. The lowest BCUT2D eigenvalue weighted by Gasteiger charge is -2.14. The Morgan fingerprint density at radius 3 is 2.89 bits per heavy atom. The Morgan fingerprint density at radius 1 is 1.50 bits per heavy atom. The molecule has 0 radical (unpaired) electrons. The smallest absolute Gasteiger partial charge is 0.169 e. The number of rotatable bonds is 6. The standard InChI is InChI=1S/C12H17BrN4O/c1-3-6-14-10(11-4-5-12(13)18-11)7-9-8-17(2)16-15-9/h4-5,8,10,14H,3,6-7H2,1-2H3. The molecule has 18 heavy (non-hydrogen) atoms. The Morgan fingerprint density at radius 2 is 2.33 bits per heavy atom. The first-order valence-corrected chi connectivity index (χ1v) is 6.82. The van der Waals surface area contributed by atoms with Crippen molar-refractivity contribution in [3.63, 3.8) is 0 Å². The van der Waals surface area contributed by atoms with E-state index in [2.05, 4.69) is 38.5 Å². The molecule has 2 aromatic rings. The van der Waals surface area contributed by atoms with E-state index in [1.54, 1.807) is 4.68 Å². The molecular formula is C12H17BrN4O. The van der Waals surface area contributed by atoms with E-state index in [0.29, 0.717) is 0 Å². The van der Waals surface area contributed by atoms with Gasteiger partial charge in [-0.05, 0) is 41.0 Å². The summed E-state index contributed by atoms with van der Waals surface area (Å²) in [6, 6.07) is 4.02. The molecule has 2 heterocycles. The van der Waals surface area contributed by atoms with Crippen molar-refractivity contribution in [2.24, 2.45) is 7.05 Å². The van der Waals surface area contributed by atoms with Gasteiger partial charge < -0.3 is 9.73 Å². The van der Waals surface area contributed by atoms with Gasteiger partial charge in [-0.3, -0.25) is 4.68 Å². The van der Waals surface area contributed by atoms with Crippen LogP contribution in [-0.4, -0.2) is 21.5 Å². The normalized spacial score (nSPS) is 12.8. The first-order chi connectivity index (χ1) is 8.69. The van der Waals surface area contributed by atoms with Gasteiger partial charge in [0.15, 0.2) is 4.67 Å². The molecule has 5 nitrogen and oxygen atoms in total. The maximum absolute atomic E-state index is 5.62. The molecule has 2 aromatic heterocycles. The molecule has 2 rings (SSSR count). The molecule has 0 saturated heterocycles. The van der Waals surface area contributed by atoms with Crippen molar-refractivity contribution >= 4 is 15.9 Å². The Hall–Kier alpha value is -1.14. The van der Waals surface area contributed by atoms with Crippen LogP contribution >= 0.6 is 15.9 Å². The van der Waals surface area contributed by atoms with E-state index >= 15 is 0 Å². The molecule has 98 valence electrons. The zero-order valence-electron chi connectivity index (χ0n) is 10.6. The number of halogens is 1. The van der Waals surface area contributed by atoms with E-state index in [1.807, 2.05) is 25.4 Å². The van der Waals surface area contributed by atoms with Gasteiger partial charge in [-0.15, -0.1) is 5.10 Å². The highest BCUT2D eigenvalue weighted by Crippen LogP contribution is 2.23. The van der Waals surface area contributed by atoms with E-state index in [0.717, 1.165) is 35.5 Å². The van der Waals surface area contributed by atoms with Crippen LogP contribution in [0.4, 0.5) is 0 Å². The maximum atomic E-state index is 5.62. The zero-order valence-corrected chi connectivity index (χ0v) is 12.1. The molecule has 1 N–H and O–H groups in total. The Balaban J connectivity index is 2.09. The SMILES string of the molecule is CCCNC(Cc1cn(C)nn1)c1ccc(Br)o1. The highest BCUT2D eigenvalue weighted by molar-refractivity contribution is 9.10. The van der Waals surface area contributed by atoms with Crippen molar-refractivity contribution < 1.29 is 4.42 Å². The number of furan rings is 1. The van der Waals surface area contributed by atoms with Gasteiger partial charge >= 0.3 is 0 Å². The Kier molecular flexibility index (Phi) is 4.54. The quantitative estimate of drug-likeness (QED) is 0.890. The summed E-state index contributed by atoms with van der Waals surface area (Å²) in [5.41, 5.74) is 0.957. The fraction of sp³-hybridized carbons (Fsp3) is 0.500. The minimum absolute atomic E-state index is 0.132. The third kappa shape index (κ3) is 3.43. The molecule has 0 aliphatic heterocycles. The molecule has 1 atom stereocenters. The van der Waals surface area contributed by atoms with Gasteiger partial charge in [0, 0.05) is 19.7 Å². The topological polar surface area (TPSA) is 55.9 Å². The summed E-state index contributed by atoms with van der Waals surface area (Å²) >= 11 is 3.33. The second kappa shape index (κ2) is 6.15. The summed E-state index contributed by atoms with van der Waals surface area (Å²) in [5.74, 6) is 0.918. The summed E-state index contributed by atoms with van der Waals surface area (Å²) in [7, 11) is 1.87. The van der Waals surface area contributed by atoms with Crippen molar-refractivity contribution in [1.29, 1.82) is 0 Å². The molecule has 0 aliphatic rings. The molecule has 0 amide bonds. The highest BCUT2D eigenvalue weighted by atomic mass is 79.9. The van der Waals surface area contributed by atoms with Gasteiger partial charge in [-0.1, -0.05) is 12.1 Å². The minimum atomic E-state index is 0.132. The summed E-state index contributed by atoms with van der Waals surface area (Å²) < 4.78 is 8.08. The fourth-order valence-corrected chi connectivity index (χ4v) is 2.12. The number of nitrogens with one attached hydrogen (secondary N) is 1. The number of nitrogens with zero attached hydrogens (tertiary/aromatic N) is 3. The van der Waals surface area contributed by atoms with Crippen LogP contribution in [0.1, 0.15) is 30.8 Å². The summed E-state index contributed by atoms with van der Waals surface area (Å²) in [6.07, 6.45) is 3.78. The van der Waals surface area contributed by atoms with Gasteiger partial charge in [-0.25, -0.2) is 0 Å². The van der Waals surface area contributed by atoms with E-state index in [9.17, 15) is 0 Å². The molecule has 0 aromatic carbocycles. The summed E-state index contributed by atoms with van der Waals surface area (Å²) in [4.78, 5) is 0. The minimum Gasteiger partial charge on any atom is -0.453 e. The maximum Gasteiger partial charge on any atom is 0.169 e. The predicted molar refractivity (Wildman–Crippen MR) is 72.1 cm³/mol. The Labute approximate surface area is 115 Å². The van der Waals surface area contributed by atoms with Crippen molar-refractivity contribution in [2.75, 3.05) is 6.54 Å². The molecule has 0 bridgehead atoms. The molecule has 1 unspecified atom stereocenters. The largest absolute Gasteiger partial charge is 0.453 e. The number of hydrogen-bond donors (Lipinski definition) is 1. The fourth-order valence-electron chi connectivity index (χ4n) is 1.81. The van der Waals surface area contributed by atoms with Crippen LogP contribution in [0.15, 0.2) is 27.4 Å². The number of hydrogen-bond acceptors (Lipinski definition) is 4. The van der Waals surface area contributed by atoms with Crippen LogP contribution in [-0.2, 0) is 13.5 Å². The van der Waals surface area contributed by atoms with E-state index < -0.39 is 0 Å². The Bertz CT molecular complexity index is 494. The predicted octanol–water partition coefficient (Wildman–Crippen LogP) is 2.45. The van der Waals surface area contributed by atoms with Gasteiger partial charge in [-0.2, -0.15) is 0 Å². The van der Waals surface area contributed by atoms with Gasteiger partial charge in [0.25, 0.3) is 0 Å². The van der Waals surface area contributed by atoms with Crippen LogP contribution in [0.25, 0.3) is 0 Å². The third-order valence-electron chi connectivity index (χ3n) is 2.64. The number of aromatic nitrogens is 3. The highest BCUT2D eigenvalue weighted by Gasteiger charge is 2.16. The second-order valence-electron chi connectivity index (χ2n) is 4.24. The van der Waals surface area contributed by atoms with Gasteiger partial charge in [0.05, 0.1) is 11.7 Å². The lowest BCUT2D eigenvalue weighted by Crippen LogP contribution is -2.23. The van der Waals surface area contributed by atoms with Gasteiger partial charge in [0.2, 0.25) is 0 Å². The van der Waals surface area contributed by atoms with Crippen LogP contribution in [0.2, 0.25) is 0 Å². The van der Waals surface area contributed by atoms with Crippen LogP contribution in [0.3, 0.4) is 0 Å². The van der Waals surface area contributed by atoms with Crippen molar-refractivity contribution in [2.45, 2.75) is 25.8 Å². The van der Waals surface area contributed by atoms with E-state index in [-0.39, 0.29) is 6.04 Å². The first kappa shape index (κ1) is 13.3. The average molecular weight is 313 g/mol. The molecule has 0 aliphatic carbocycles. The lowest BCUT2D eigenvalue weighted by molar-refractivity contribution is 0.398. The lowest BCUT2D eigenvalue weighted by atomic mass is 10.1. The molecular weight excluding hydrogens is 296 g/mol. The van der Waals surface area contributed by atoms with Gasteiger partial charge in [0.1, 0.15) is 5.76 Å². The van der Waals surface area contributed by atoms with Crippen molar-refractivity contribution in [1.82, 2.24) is 20.3 Å². The third-order valence-corrected chi connectivity index (χ3v) is 3.07. The second-order valence-corrected chi connectivity index (χ2v) is 5.02. The van der Waals surface area contributed by atoms with Crippen molar-refractivity contribution in [3.05, 3.63) is 34.5 Å². The zero-order chi connectivity index (χ0) is 13.0. The van der Waals surface area contributed by atoms with E-state index in [4.69, 9.17) is 4.42 Å². The molecule has 0 saturated carbocycles. The van der Waals surface area contributed by atoms with Crippen LogP contribution in [0.5, 0.6) is 0 Å². The average Bonchev–Trinajstić information content (AvgIpc) is 2.93. The van der Waals surface area contributed by atoms with Crippen LogP contribution < -0.4 is 5.32 Å². The van der Waals surface area contributed by atoms with Crippen LogP contribution in [0, 0.1) is 0 Å². The first-order valence-electron chi connectivity index (χ1n) is 6.03. The molecule has 0 fully saturated rings. The monoisotopic (exact) mass is 312 g/mol. The summed E-state index contributed by atoms with van der Waals surface area (Å²) in [6.45, 7) is 3.09. The summed E-state index contributed by atoms with van der Waals surface area (Å²) in [5, 5.41) is 11.5. The van der Waals surface area contributed by atoms with Crippen molar-refractivity contribution in [3.8, 4) is 0 Å². The van der Waals surface area contributed by atoms with E-state index in [1.165, 1.54) is 0 Å². The molecule has 0 spiro atoms. The molecule has 6 heteroatoms.